The number of non-ortho nitro benzene ring substituents is 1. The third kappa shape index (κ3) is 2.38. The van der Waals surface area contributed by atoms with E-state index >= 15 is 0 Å². The number of carbonyl (C=O) groups excluding carboxylic acids is 1. The lowest BCUT2D eigenvalue weighted by molar-refractivity contribution is -0.384. The summed E-state index contributed by atoms with van der Waals surface area (Å²) in [5, 5.41) is 15.4. The van der Waals surface area contributed by atoms with Crippen molar-refractivity contribution >= 4 is 38.8 Å². The Morgan fingerprint density at radius 3 is 2.86 bits per heavy atom. The van der Waals surface area contributed by atoms with Gasteiger partial charge in [-0.3, -0.25) is 14.9 Å². The number of thiophene rings is 1. The molecule has 0 saturated carbocycles. The van der Waals surface area contributed by atoms with Gasteiger partial charge in [0.2, 0.25) is 0 Å². The molecular weight excluding hydrogens is 290 g/mol. The number of aromatic nitrogens is 1. The number of nitro groups is 1. The maximum atomic E-state index is 12.3. The van der Waals surface area contributed by atoms with Crippen molar-refractivity contribution in [2.45, 2.75) is 0 Å². The van der Waals surface area contributed by atoms with Gasteiger partial charge >= 0.3 is 0 Å². The first-order valence-electron chi connectivity index (χ1n) is 6.15. The van der Waals surface area contributed by atoms with Crippen LogP contribution in [0.1, 0.15) is 10.5 Å². The third-order valence-corrected chi connectivity index (χ3v) is 4.06. The largest absolute Gasteiger partial charge is 0.339 e. The Labute approximate surface area is 123 Å². The van der Waals surface area contributed by atoms with Crippen LogP contribution in [-0.2, 0) is 7.05 Å². The molecule has 7 heteroatoms. The molecule has 0 aliphatic carbocycles. The molecule has 1 N–H and O–H groups in total. The molecule has 3 aromatic rings. The zero-order chi connectivity index (χ0) is 15.0. The van der Waals surface area contributed by atoms with Crippen LogP contribution in [0, 0.1) is 10.1 Å². The van der Waals surface area contributed by atoms with Gasteiger partial charge in [-0.2, -0.15) is 0 Å². The minimum Gasteiger partial charge on any atom is -0.339 e. The number of rotatable bonds is 3. The molecule has 0 saturated heterocycles. The van der Waals surface area contributed by atoms with E-state index in [1.807, 2.05) is 24.6 Å². The van der Waals surface area contributed by atoms with Crippen LogP contribution in [0.4, 0.5) is 11.4 Å². The lowest BCUT2D eigenvalue weighted by Gasteiger charge is -2.06. The number of anilines is 1. The summed E-state index contributed by atoms with van der Waals surface area (Å²) in [7, 11) is 1.82. The molecule has 0 radical (unpaired) electrons. The van der Waals surface area contributed by atoms with Crippen molar-refractivity contribution in [1.29, 1.82) is 0 Å². The Morgan fingerprint density at radius 1 is 1.33 bits per heavy atom. The first-order chi connectivity index (χ1) is 10.1. The lowest BCUT2D eigenvalue weighted by Crippen LogP contribution is -2.15. The van der Waals surface area contributed by atoms with Crippen LogP contribution in [0.25, 0.3) is 10.2 Å². The molecule has 2 aromatic heterocycles. The van der Waals surface area contributed by atoms with Crippen molar-refractivity contribution in [2.75, 3.05) is 5.32 Å². The van der Waals surface area contributed by atoms with Crippen LogP contribution < -0.4 is 5.32 Å². The zero-order valence-corrected chi connectivity index (χ0v) is 11.9. The number of nitrogens with one attached hydrogen (secondary N) is 1. The van der Waals surface area contributed by atoms with Crippen LogP contribution >= 0.6 is 11.3 Å². The Morgan fingerprint density at radius 2 is 2.14 bits per heavy atom. The van der Waals surface area contributed by atoms with Crippen LogP contribution in [-0.4, -0.2) is 15.4 Å². The van der Waals surface area contributed by atoms with Gasteiger partial charge in [-0.15, -0.1) is 11.3 Å². The molecule has 0 spiro atoms. The molecular formula is C14H11N3O3S. The van der Waals surface area contributed by atoms with Crippen molar-refractivity contribution in [3.05, 3.63) is 57.6 Å². The standard InChI is InChI=1S/C14H11N3O3S/c1-16-11-5-6-21-13(11)8-12(16)14(18)15-9-3-2-4-10(7-9)17(19)20/h2-8H,1H3,(H,15,18). The quantitative estimate of drug-likeness (QED) is 0.595. The van der Waals surface area contributed by atoms with E-state index in [0.717, 1.165) is 10.2 Å². The molecule has 0 unspecified atom stereocenters. The maximum Gasteiger partial charge on any atom is 0.272 e. The van der Waals surface area contributed by atoms with Crippen LogP contribution in [0.5, 0.6) is 0 Å². The third-order valence-electron chi connectivity index (χ3n) is 3.21. The predicted molar refractivity (Wildman–Crippen MR) is 81.8 cm³/mol. The van der Waals surface area contributed by atoms with Gasteiger partial charge in [-0.25, -0.2) is 0 Å². The highest BCUT2D eigenvalue weighted by Gasteiger charge is 2.15. The molecule has 0 fully saturated rings. The summed E-state index contributed by atoms with van der Waals surface area (Å²) in [6.07, 6.45) is 0. The lowest BCUT2D eigenvalue weighted by atomic mass is 10.2. The molecule has 106 valence electrons. The maximum absolute atomic E-state index is 12.3. The fourth-order valence-electron chi connectivity index (χ4n) is 2.16. The molecule has 0 aliphatic heterocycles. The van der Waals surface area contributed by atoms with Gasteiger partial charge in [-0.05, 0) is 23.6 Å². The van der Waals surface area contributed by atoms with Gasteiger partial charge in [0.25, 0.3) is 11.6 Å². The number of hydrogen-bond acceptors (Lipinski definition) is 4. The van der Waals surface area contributed by atoms with E-state index < -0.39 is 4.92 Å². The highest BCUT2D eigenvalue weighted by molar-refractivity contribution is 7.17. The first-order valence-corrected chi connectivity index (χ1v) is 7.03. The number of amides is 1. The Kier molecular flexibility index (Phi) is 3.19. The van der Waals surface area contributed by atoms with E-state index in [1.165, 1.54) is 18.2 Å². The molecule has 1 aromatic carbocycles. The topological polar surface area (TPSA) is 77.2 Å². The van der Waals surface area contributed by atoms with Crippen molar-refractivity contribution in [3.63, 3.8) is 0 Å². The number of carbonyl (C=O) groups is 1. The van der Waals surface area contributed by atoms with Crippen molar-refractivity contribution < 1.29 is 9.72 Å². The highest BCUT2D eigenvalue weighted by Crippen LogP contribution is 2.25. The average Bonchev–Trinajstić information content (AvgIpc) is 3.02. The van der Waals surface area contributed by atoms with Gasteiger partial charge in [0.05, 0.1) is 15.1 Å². The summed E-state index contributed by atoms with van der Waals surface area (Å²) in [6, 6.07) is 9.64. The second-order valence-corrected chi connectivity index (χ2v) is 5.47. The number of hydrogen-bond donors (Lipinski definition) is 1. The van der Waals surface area contributed by atoms with Gasteiger partial charge in [-0.1, -0.05) is 6.07 Å². The van der Waals surface area contributed by atoms with Crippen LogP contribution in [0.2, 0.25) is 0 Å². The SMILES string of the molecule is Cn1c(C(=O)Nc2cccc([N+](=O)[O-])c2)cc2sccc21. The normalized spacial score (nSPS) is 10.7. The molecule has 3 rings (SSSR count). The van der Waals surface area contributed by atoms with E-state index in [9.17, 15) is 14.9 Å². The first kappa shape index (κ1) is 13.3. The monoisotopic (exact) mass is 301 g/mol. The number of fused-ring (bicyclic) bond motifs is 1. The van der Waals surface area contributed by atoms with E-state index in [2.05, 4.69) is 5.32 Å². The summed E-state index contributed by atoms with van der Waals surface area (Å²) >= 11 is 1.56. The van der Waals surface area contributed by atoms with Gasteiger partial charge < -0.3 is 9.88 Å². The minimum absolute atomic E-state index is 0.0549. The van der Waals surface area contributed by atoms with Gasteiger partial charge in [0, 0.05) is 24.9 Å². The summed E-state index contributed by atoms with van der Waals surface area (Å²) in [6.45, 7) is 0. The fraction of sp³-hybridized carbons (Fsp3) is 0.0714. The highest BCUT2D eigenvalue weighted by atomic mass is 32.1. The van der Waals surface area contributed by atoms with E-state index in [4.69, 9.17) is 0 Å². The smallest absolute Gasteiger partial charge is 0.272 e. The minimum atomic E-state index is -0.492. The van der Waals surface area contributed by atoms with Crippen LogP contribution in [0.3, 0.4) is 0 Å². The average molecular weight is 301 g/mol. The zero-order valence-electron chi connectivity index (χ0n) is 11.1. The van der Waals surface area contributed by atoms with Gasteiger partial charge in [0.1, 0.15) is 5.69 Å². The van der Waals surface area contributed by atoms with Gasteiger partial charge in [0.15, 0.2) is 0 Å². The number of benzene rings is 1. The second kappa shape index (κ2) is 5.02. The molecule has 0 atom stereocenters. The predicted octanol–water partition coefficient (Wildman–Crippen LogP) is 3.40. The Bertz CT molecular complexity index is 850. The number of aryl methyl sites for hydroxylation is 1. The number of nitro benzene ring substituents is 1. The fourth-order valence-corrected chi connectivity index (χ4v) is 3.01. The van der Waals surface area contributed by atoms with Crippen LogP contribution in [0.15, 0.2) is 41.8 Å². The van der Waals surface area contributed by atoms with E-state index in [0.29, 0.717) is 11.4 Å². The summed E-state index contributed by atoms with van der Waals surface area (Å²) in [5.41, 5.74) is 1.85. The summed E-state index contributed by atoms with van der Waals surface area (Å²) < 4.78 is 2.83. The molecule has 21 heavy (non-hydrogen) atoms. The van der Waals surface area contributed by atoms with Crippen molar-refractivity contribution in [2.24, 2.45) is 7.05 Å². The Hall–Kier alpha value is -2.67. The van der Waals surface area contributed by atoms with E-state index in [-0.39, 0.29) is 11.6 Å². The van der Waals surface area contributed by atoms with Crippen molar-refractivity contribution in [3.8, 4) is 0 Å². The van der Waals surface area contributed by atoms with E-state index in [1.54, 1.807) is 22.0 Å². The summed E-state index contributed by atoms with van der Waals surface area (Å²) in [4.78, 5) is 22.5. The molecule has 1 amide bonds. The summed E-state index contributed by atoms with van der Waals surface area (Å²) in [5.74, 6) is -0.290. The molecule has 0 aliphatic rings. The Balaban J connectivity index is 1.89. The second-order valence-electron chi connectivity index (χ2n) is 4.52. The molecule has 0 bridgehead atoms. The molecule has 6 nitrogen and oxygen atoms in total. The number of nitrogens with zero attached hydrogens (tertiary/aromatic N) is 2. The molecule has 2 heterocycles. The van der Waals surface area contributed by atoms with Crippen molar-refractivity contribution in [1.82, 2.24) is 4.57 Å².